The van der Waals surface area contributed by atoms with Crippen molar-refractivity contribution in [3.63, 3.8) is 0 Å². The minimum atomic E-state index is -3.70. The molecule has 3 rings (SSSR count). The molecule has 3 aromatic rings. The molecule has 1 N–H and O–H groups in total. The molecule has 0 aliphatic heterocycles. The fraction of sp³-hybridized carbons (Fsp3) is 0.0625. The van der Waals surface area contributed by atoms with E-state index in [0.717, 1.165) is 16.9 Å². The molecule has 0 radical (unpaired) electrons. The maximum atomic E-state index is 12.4. The van der Waals surface area contributed by atoms with Gasteiger partial charge in [0.25, 0.3) is 10.0 Å². The number of hydrogen-bond donors (Lipinski definition) is 1. The van der Waals surface area contributed by atoms with Gasteiger partial charge in [-0.2, -0.15) is 0 Å². The smallest absolute Gasteiger partial charge is 0.250 e. The van der Waals surface area contributed by atoms with Gasteiger partial charge in [0.05, 0.1) is 0 Å². The quantitative estimate of drug-likeness (QED) is 0.799. The Balaban J connectivity index is 1.94. The summed E-state index contributed by atoms with van der Waals surface area (Å²) in [6.07, 6.45) is 0. The standard InChI is InChI=1S/C16H13NO3S2/c18-14-10-16(21-15-9-5-4-8-13(14)15)22(19,20)17-11-12-6-2-1-3-7-12/h1-10,17H,11H2. The monoisotopic (exact) mass is 331 g/mol. The summed E-state index contributed by atoms with van der Waals surface area (Å²) in [5.41, 5.74) is 0.577. The van der Waals surface area contributed by atoms with E-state index in [0.29, 0.717) is 10.1 Å². The zero-order valence-electron chi connectivity index (χ0n) is 11.5. The maximum Gasteiger partial charge on any atom is 0.250 e. The Morgan fingerprint density at radius 1 is 0.955 bits per heavy atom. The third kappa shape index (κ3) is 3.09. The SMILES string of the molecule is O=c1cc(S(=O)(=O)NCc2ccccc2)sc2ccccc12. The van der Waals surface area contributed by atoms with Crippen molar-refractivity contribution in [3.05, 3.63) is 76.5 Å². The molecular formula is C16H13NO3S2. The van der Waals surface area contributed by atoms with Crippen molar-refractivity contribution in [3.8, 4) is 0 Å². The van der Waals surface area contributed by atoms with Crippen molar-refractivity contribution >= 4 is 31.4 Å². The average Bonchev–Trinajstić information content (AvgIpc) is 2.54. The van der Waals surface area contributed by atoms with Crippen LogP contribution in [-0.2, 0) is 16.6 Å². The fourth-order valence-corrected chi connectivity index (χ4v) is 4.51. The van der Waals surface area contributed by atoms with E-state index in [-0.39, 0.29) is 16.2 Å². The molecule has 0 amide bonds. The number of rotatable bonds is 4. The lowest BCUT2D eigenvalue weighted by Gasteiger charge is -2.07. The largest absolute Gasteiger partial charge is 0.289 e. The summed E-state index contributed by atoms with van der Waals surface area (Å²) in [6, 6.07) is 17.4. The van der Waals surface area contributed by atoms with Crippen LogP contribution >= 0.6 is 11.3 Å². The van der Waals surface area contributed by atoms with Crippen molar-refractivity contribution < 1.29 is 8.42 Å². The van der Waals surface area contributed by atoms with Gasteiger partial charge in [-0.05, 0) is 17.7 Å². The lowest BCUT2D eigenvalue weighted by atomic mass is 10.2. The van der Waals surface area contributed by atoms with E-state index in [9.17, 15) is 13.2 Å². The van der Waals surface area contributed by atoms with Gasteiger partial charge >= 0.3 is 0 Å². The molecule has 112 valence electrons. The molecule has 0 atom stereocenters. The molecular weight excluding hydrogens is 318 g/mol. The predicted molar refractivity (Wildman–Crippen MR) is 88.6 cm³/mol. The van der Waals surface area contributed by atoms with Gasteiger partial charge in [0.15, 0.2) is 5.43 Å². The molecule has 0 unspecified atom stereocenters. The van der Waals surface area contributed by atoms with E-state index in [1.165, 1.54) is 6.07 Å². The van der Waals surface area contributed by atoms with E-state index in [4.69, 9.17) is 0 Å². The Kier molecular flexibility index (Phi) is 4.06. The highest BCUT2D eigenvalue weighted by molar-refractivity contribution is 7.91. The topological polar surface area (TPSA) is 63.2 Å². The molecule has 2 aromatic carbocycles. The lowest BCUT2D eigenvalue weighted by Crippen LogP contribution is -2.23. The third-order valence-corrected chi connectivity index (χ3v) is 6.16. The summed E-state index contributed by atoms with van der Waals surface area (Å²) >= 11 is 1.09. The Hall–Kier alpha value is -2.02. The number of nitrogens with one attached hydrogen (secondary N) is 1. The first-order chi connectivity index (χ1) is 10.6. The van der Waals surface area contributed by atoms with Crippen LogP contribution in [0.3, 0.4) is 0 Å². The third-order valence-electron chi connectivity index (χ3n) is 3.19. The van der Waals surface area contributed by atoms with Crippen LogP contribution in [0.4, 0.5) is 0 Å². The average molecular weight is 331 g/mol. The fourth-order valence-electron chi connectivity index (χ4n) is 2.06. The number of hydrogen-bond acceptors (Lipinski definition) is 4. The van der Waals surface area contributed by atoms with Crippen LogP contribution in [0.5, 0.6) is 0 Å². The Morgan fingerprint density at radius 2 is 1.64 bits per heavy atom. The van der Waals surface area contributed by atoms with Crippen LogP contribution in [0.15, 0.2) is 69.7 Å². The van der Waals surface area contributed by atoms with Crippen LogP contribution in [0.1, 0.15) is 5.56 Å². The molecule has 1 heterocycles. The highest BCUT2D eigenvalue weighted by Gasteiger charge is 2.16. The summed E-state index contributed by atoms with van der Waals surface area (Å²) in [6.45, 7) is 0.191. The Morgan fingerprint density at radius 3 is 2.41 bits per heavy atom. The Labute approximate surface area is 132 Å². The second-order valence-electron chi connectivity index (χ2n) is 4.74. The first-order valence-corrected chi connectivity index (χ1v) is 8.93. The van der Waals surface area contributed by atoms with E-state index in [1.807, 2.05) is 30.3 Å². The number of fused-ring (bicyclic) bond motifs is 1. The van der Waals surface area contributed by atoms with Crippen molar-refractivity contribution in [2.75, 3.05) is 0 Å². The molecule has 0 spiro atoms. The van der Waals surface area contributed by atoms with E-state index in [2.05, 4.69) is 4.72 Å². The molecule has 4 nitrogen and oxygen atoms in total. The molecule has 0 aliphatic rings. The summed E-state index contributed by atoms with van der Waals surface area (Å²) in [5, 5.41) is 0.537. The van der Waals surface area contributed by atoms with Crippen LogP contribution in [-0.4, -0.2) is 8.42 Å². The Bertz CT molecular complexity index is 963. The highest BCUT2D eigenvalue weighted by Crippen LogP contribution is 2.22. The van der Waals surface area contributed by atoms with Gasteiger partial charge < -0.3 is 0 Å². The van der Waals surface area contributed by atoms with Crippen LogP contribution in [0.25, 0.3) is 10.1 Å². The molecule has 22 heavy (non-hydrogen) atoms. The van der Waals surface area contributed by atoms with Crippen molar-refractivity contribution in [2.24, 2.45) is 0 Å². The van der Waals surface area contributed by atoms with E-state index >= 15 is 0 Å². The minimum Gasteiger partial charge on any atom is -0.289 e. The lowest BCUT2D eigenvalue weighted by molar-refractivity contribution is 0.583. The molecule has 0 fully saturated rings. The molecule has 0 saturated carbocycles. The van der Waals surface area contributed by atoms with Gasteiger partial charge in [-0.15, -0.1) is 11.3 Å². The van der Waals surface area contributed by atoms with Gasteiger partial charge in [0, 0.05) is 22.7 Å². The second kappa shape index (κ2) is 6.00. The zero-order chi connectivity index (χ0) is 15.6. The van der Waals surface area contributed by atoms with Crippen LogP contribution in [0, 0.1) is 0 Å². The normalized spacial score (nSPS) is 11.6. The van der Waals surface area contributed by atoms with Gasteiger partial charge in [0.1, 0.15) is 4.21 Å². The first-order valence-electron chi connectivity index (χ1n) is 6.63. The maximum absolute atomic E-state index is 12.4. The summed E-state index contributed by atoms with van der Waals surface area (Å²) in [4.78, 5) is 12.0. The summed E-state index contributed by atoms with van der Waals surface area (Å²) in [7, 11) is -3.70. The van der Waals surface area contributed by atoms with Crippen LogP contribution in [0.2, 0.25) is 0 Å². The predicted octanol–water partition coefficient (Wildman–Crippen LogP) is 2.74. The highest BCUT2D eigenvalue weighted by atomic mass is 32.2. The van der Waals surface area contributed by atoms with Gasteiger partial charge in [-0.25, -0.2) is 13.1 Å². The van der Waals surface area contributed by atoms with E-state index in [1.54, 1.807) is 24.3 Å². The van der Waals surface area contributed by atoms with Gasteiger partial charge in [-0.1, -0.05) is 42.5 Å². The summed E-state index contributed by atoms with van der Waals surface area (Å²) < 4.78 is 27.9. The zero-order valence-corrected chi connectivity index (χ0v) is 13.2. The molecule has 0 aliphatic carbocycles. The van der Waals surface area contributed by atoms with Crippen LogP contribution < -0.4 is 10.2 Å². The van der Waals surface area contributed by atoms with Crippen molar-refractivity contribution in [1.82, 2.24) is 4.72 Å². The molecule has 1 aromatic heterocycles. The minimum absolute atomic E-state index is 0.0344. The molecule has 0 bridgehead atoms. The van der Waals surface area contributed by atoms with Crippen molar-refractivity contribution in [1.29, 1.82) is 0 Å². The van der Waals surface area contributed by atoms with Gasteiger partial charge in [-0.3, -0.25) is 4.79 Å². The first kappa shape index (κ1) is 14.9. The number of sulfonamides is 1. The number of benzene rings is 2. The molecule has 0 saturated heterocycles. The summed E-state index contributed by atoms with van der Waals surface area (Å²) in [5.74, 6) is 0. The second-order valence-corrected chi connectivity index (χ2v) is 7.81. The van der Waals surface area contributed by atoms with Crippen molar-refractivity contribution in [2.45, 2.75) is 10.8 Å². The van der Waals surface area contributed by atoms with E-state index < -0.39 is 10.0 Å². The molecule has 6 heteroatoms. The van der Waals surface area contributed by atoms with Gasteiger partial charge in [0.2, 0.25) is 0 Å².